The van der Waals surface area contributed by atoms with Crippen molar-refractivity contribution < 1.29 is 0 Å². The van der Waals surface area contributed by atoms with Crippen LogP contribution in [0.1, 0.15) is 11.1 Å². The summed E-state index contributed by atoms with van der Waals surface area (Å²) in [5.41, 5.74) is 8.03. The number of fused-ring (bicyclic) bond motifs is 1. The van der Waals surface area contributed by atoms with E-state index < -0.39 is 0 Å². The third-order valence-corrected chi connectivity index (χ3v) is 4.55. The first kappa shape index (κ1) is 15.0. The Hall–Kier alpha value is -2.59. The van der Waals surface area contributed by atoms with Crippen molar-refractivity contribution in [1.29, 1.82) is 0 Å². The minimum absolute atomic E-state index is 0.758. The molecular weight excluding hydrogens is 320 g/mol. The molecule has 3 aromatic rings. The van der Waals surface area contributed by atoms with Gasteiger partial charge in [-0.3, -0.25) is 10.4 Å². The number of nitrogens with one attached hydrogen (secondary N) is 2. The first-order chi connectivity index (χ1) is 11.7. The molecule has 1 aliphatic rings. The van der Waals surface area contributed by atoms with Gasteiger partial charge >= 0.3 is 0 Å². The number of rotatable bonds is 4. The normalized spacial score (nSPS) is 13.8. The fourth-order valence-electron chi connectivity index (χ4n) is 3.01. The van der Waals surface area contributed by atoms with E-state index in [1.807, 2.05) is 18.3 Å². The first-order valence-corrected chi connectivity index (χ1v) is 8.40. The van der Waals surface area contributed by atoms with E-state index in [1.54, 1.807) is 0 Å². The Morgan fingerprint density at radius 3 is 2.75 bits per heavy atom. The highest BCUT2D eigenvalue weighted by atomic mass is 35.5. The van der Waals surface area contributed by atoms with E-state index in [0.717, 1.165) is 29.2 Å². The van der Waals surface area contributed by atoms with Crippen LogP contribution in [-0.2, 0) is 6.42 Å². The molecular formula is C19H19ClN4. The van der Waals surface area contributed by atoms with Crippen molar-refractivity contribution in [3.63, 3.8) is 0 Å². The number of hydrogen-bond donors (Lipinski definition) is 2. The van der Waals surface area contributed by atoms with Crippen molar-refractivity contribution >= 4 is 28.2 Å². The lowest BCUT2D eigenvalue weighted by atomic mass is 10.1. The maximum Gasteiger partial charge on any atom is 0.0813 e. The van der Waals surface area contributed by atoms with Gasteiger partial charge in [0.2, 0.25) is 0 Å². The summed E-state index contributed by atoms with van der Waals surface area (Å²) in [7, 11) is 0. The molecule has 0 radical (unpaired) electrons. The molecule has 122 valence electrons. The van der Waals surface area contributed by atoms with E-state index in [9.17, 15) is 0 Å². The average Bonchev–Trinajstić information content (AvgIpc) is 3.20. The number of halogens is 1. The molecule has 0 fully saturated rings. The van der Waals surface area contributed by atoms with Gasteiger partial charge in [0.15, 0.2) is 0 Å². The minimum Gasteiger partial charge on any atom is -0.361 e. The van der Waals surface area contributed by atoms with Gasteiger partial charge in [0.25, 0.3) is 0 Å². The number of hydrazine groups is 2. The summed E-state index contributed by atoms with van der Waals surface area (Å²) >= 11 is 6.05. The molecule has 24 heavy (non-hydrogen) atoms. The Bertz CT molecular complexity index is 882. The van der Waals surface area contributed by atoms with Gasteiger partial charge in [0.05, 0.1) is 5.69 Å². The van der Waals surface area contributed by atoms with Gasteiger partial charge in [0.1, 0.15) is 0 Å². The van der Waals surface area contributed by atoms with E-state index in [-0.39, 0.29) is 0 Å². The molecule has 5 heteroatoms. The third-order valence-electron chi connectivity index (χ3n) is 4.32. The lowest BCUT2D eigenvalue weighted by molar-refractivity contribution is 0.352. The minimum atomic E-state index is 0.758. The molecule has 0 bridgehead atoms. The number of hydrogen-bond acceptors (Lipinski definition) is 3. The second-order valence-electron chi connectivity index (χ2n) is 6.01. The second-order valence-corrected chi connectivity index (χ2v) is 6.45. The molecule has 0 atom stereocenters. The van der Waals surface area contributed by atoms with E-state index in [2.05, 4.69) is 70.2 Å². The van der Waals surface area contributed by atoms with Crippen LogP contribution >= 0.6 is 11.6 Å². The van der Waals surface area contributed by atoms with Crippen LogP contribution in [0, 0.1) is 6.92 Å². The molecule has 0 amide bonds. The highest BCUT2D eigenvalue weighted by Gasteiger charge is 2.17. The van der Waals surface area contributed by atoms with Gasteiger partial charge in [0, 0.05) is 41.1 Å². The molecule has 2 N–H and O–H groups in total. The largest absolute Gasteiger partial charge is 0.361 e. The third kappa shape index (κ3) is 2.81. The molecule has 0 spiro atoms. The Balaban J connectivity index is 1.49. The maximum absolute atomic E-state index is 6.05. The van der Waals surface area contributed by atoms with Gasteiger partial charge in [-0.2, -0.15) is 5.12 Å². The predicted octanol–water partition coefficient (Wildman–Crippen LogP) is 4.39. The van der Waals surface area contributed by atoms with Gasteiger partial charge in [-0.15, -0.1) is 0 Å². The molecule has 1 aliphatic heterocycles. The van der Waals surface area contributed by atoms with Crippen LogP contribution in [-0.4, -0.2) is 16.5 Å². The van der Waals surface area contributed by atoms with Crippen LogP contribution in [0.3, 0.4) is 0 Å². The predicted molar refractivity (Wildman–Crippen MR) is 99.7 cm³/mol. The molecule has 0 unspecified atom stereocenters. The van der Waals surface area contributed by atoms with Crippen molar-refractivity contribution in [2.24, 2.45) is 0 Å². The highest BCUT2D eigenvalue weighted by molar-refractivity contribution is 6.31. The van der Waals surface area contributed by atoms with Gasteiger partial charge in [-0.25, -0.2) is 0 Å². The Labute approximate surface area is 146 Å². The number of aromatic amines is 1. The summed E-state index contributed by atoms with van der Waals surface area (Å²) in [5, 5.41) is 6.23. The lowest BCUT2D eigenvalue weighted by Crippen LogP contribution is -2.42. The molecule has 1 aromatic heterocycles. The van der Waals surface area contributed by atoms with Crippen LogP contribution in [0.4, 0.5) is 5.69 Å². The molecule has 0 saturated heterocycles. The number of nitrogens with zero attached hydrogens (tertiary/aromatic N) is 2. The lowest BCUT2D eigenvalue weighted by Gasteiger charge is -2.30. The summed E-state index contributed by atoms with van der Waals surface area (Å²) in [5.74, 6) is 0. The van der Waals surface area contributed by atoms with E-state index in [1.165, 1.54) is 16.5 Å². The highest BCUT2D eigenvalue weighted by Crippen LogP contribution is 2.24. The monoisotopic (exact) mass is 338 g/mol. The smallest absolute Gasteiger partial charge is 0.0813 e. The SMILES string of the molecule is Cc1ccc(N2NC=CN2CCc2c[nH]c3cc(Cl)ccc23)cc1. The summed E-state index contributed by atoms with van der Waals surface area (Å²) in [4.78, 5) is 3.30. The maximum atomic E-state index is 6.05. The molecule has 4 nitrogen and oxygen atoms in total. The molecule has 0 saturated carbocycles. The average molecular weight is 339 g/mol. The zero-order chi connectivity index (χ0) is 16.5. The standard InChI is InChI=1S/C19H19ClN4/c1-14-2-5-17(6-3-14)24-22-9-11-23(24)10-8-15-13-21-19-12-16(20)4-7-18(15)19/h2-7,9,11-13,21-22H,8,10H2,1H3. The molecule has 0 aliphatic carbocycles. The van der Waals surface area contributed by atoms with Gasteiger partial charge in [-0.05, 0) is 43.2 Å². The summed E-state index contributed by atoms with van der Waals surface area (Å²) in [6, 6.07) is 14.5. The summed E-state index contributed by atoms with van der Waals surface area (Å²) in [6.45, 7) is 2.98. The fraction of sp³-hybridized carbons (Fsp3) is 0.158. The zero-order valence-corrected chi connectivity index (χ0v) is 14.2. The van der Waals surface area contributed by atoms with Crippen molar-refractivity contribution in [1.82, 2.24) is 15.4 Å². The number of H-pyrrole nitrogens is 1. The van der Waals surface area contributed by atoms with Crippen molar-refractivity contribution in [2.45, 2.75) is 13.3 Å². The molecule has 2 heterocycles. The number of benzene rings is 2. The van der Waals surface area contributed by atoms with E-state index in [4.69, 9.17) is 11.6 Å². The molecule has 4 rings (SSSR count). The quantitative estimate of drug-likeness (QED) is 0.740. The van der Waals surface area contributed by atoms with Crippen LogP contribution in [0.25, 0.3) is 10.9 Å². The van der Waals surface area contributed by atoms with Gasteiger partial charge < -0.3 is 4.98 Å². The van der Waals surface area contributed by atoms with E-state index >= 15 is 0 Å². The Kier molecular flexibility index (Phi) is 3.82. The van der Waals surface area contributed by atoms with Crippen LogP contribution < -0.4 is 10.5 Å². The number of aryl methyl sites for hydroxylation is 1. The fourth-order valence-corrected chi connectivity index (χ4v) is 3.19. The van der Waals surface area contributed by atoms with Crippen LogP contribution in [0.2, 0.25) is 5.02 Å². The Morgan fingerprint density at radius 2 is 1.92 bits per heavy atom. The van der Waals surface area contributed by atoms with Crippen molar-refractivity contribution in [3.05, 3.63) is 77.2 Å². The van der Waals surface area contributed by atoms with Crippen molar-refractivity contribution in [3.8, 4) is 0 Å². The molecule has 2 aromatic carbocycles. The van der Waals surface area contributed by atoms with Crippen LogP contribution in [0.5, 0.6) is 0 Å². The topological polar surface area (TPSA) is 34.3 Å². The second kappa shape index (κ2) is 6.13. The Morgan fingerprint density at radius 1 is 1.08 bits per heavy atom. The zero-order valence-electron chi connectivity index (χ0n) is 13.5. The number of anilines is 1. The summed E-state index contributed by atoms with van der Waals surface area (Å²) < 4.78 is 0. The van der Waals surface area contributed by atoms with E-state index in [0.29, 0.717) is 0 Å². The summed E-state index contributed by atoms with van der Waals surface area (Å²) in [6.07, 6.45) is 7.03. The number of aromatic nitrogens is 1. The first-order valence-electron chi connectivity index (χ1n) is 8.02. The van der Waals surface area contributed by atoms with Crippen molar-refractivity contribution in [2.75, 3.05) is 11.7 Å². The van der Waals surface area contributed by atoms with Crippen LogP contribution in [0.15, 0.2) is 61.1 Å². The van der Waals surface area contributed by atoms with Gasteiger partial charge in [-0.1, -0.05) is 35.4 Å².